The van der Waals surface area contributed by atoms with E-state index in [1.54, 1.807) is 12.2 Å². The Hall–Kier alpha value is -1.29. The molecule has 36 heavy (non-hydrogen) atoms. The highest BCUT2D eigenvalue weighted by Crippen LogP contribution is 2.36. The lowest BCUT2D eigenvalue weighted by atomic mass is 10.00. The fourth-order valence-electron chi connectivity index (χ4n) is 3.61. The average Bonchev–Trinajstić information content (AvgIpc) is 2.82. The van der Waals surface area contributed by atoms with Crippen LogP contribution in [-0.4, -0.2) is 115 Å². The molecule has 0 aliphatic carbocycles. The van der Waals surface area contributed by atoms with Crippen LogP contribution < -0.4 is 0 Å². The molecule has 2 aliphatic heterocycles. The van der Waals surface area contributed by atoms with Crippen LogP contribution in [0.2, 0.25) is 0 Å². The molecule has 2 heterocycles. The summed E-state index contributed by atoms with van der Waals surface area (Å²) in [5, 5.41) is 61.9. The predicted molar refractivity (Wildman–Crippen MR) is 126 cm³/mol. The van der Waals surface area contributed by atoms with Gasteiger partial charge in [-0.1, -0.05) is 44.7 Å². The van der Waals surface area contributed by atoms with E-state index < -0.39 is 78.2 Å². The van der Waals surface area contributed by atoms with Gasteiger partial charge in [0.25, 0.3) is 0 Å². The van der Waals surface area contributed by atoms with Crippen LogP contribution in [0.1, 0.15) is 40.0 Å². The molecule has 13 heteroatoms. The first kappa shape index (κ1) is 30.9. The second-order valence-corrected chi connectivity index (χ2v) is 10.4. The number of aliphatic hydroxyl groups excluding tert-OH is 6. The van der Waals surface area contributed by atoms with Crippen LogP contribution in [0, 0.1) is 5.92 Å². The van der Waals surface area contributed by atoms with Crippen molar-refractivity contribution in [2.75, 3.05) is 13.2 Å². The third kappa shape index (κ3) is 8.64. The molecule has 2 fully saturated rings. The zero-order valence-corrected chi connectivity index (χ0v) is 21.4. The summed E-state index contributed by atoms with van der Waals surface area (Å²) in [5.41, 5.74) is -2.53. The molecule has 0 spiro atoms. The maximum Gasteiger partial charge on any atom is 0.309 e. The number of rotatable bonds is 11. The first-order valence-corrected chi connectivity index (χ1v) is 12.9. The minimum absolute atomic E-state index is 0.0193. The van der Waals surface area contributed by atoms with Crippen molar-refractivity contribution in [2.45, 2.75) is 99.7 Å². The number of esters is 2. The molecule has 0 radical (unpaired) electrons. The summed E-state index contributed by atoms with van der Waals surface area (Å²) in [6.07, 6.45) is -7.70. The average molecular weight is 539 g/mol. The van der Waals surface area contributed by atoms with Gasteiger partial charge >= 0.3 is 11.9 Å². The van der Waals surface area contributed by atoms with Crippen molar-refractivity contribution < 1.29 is 59.2 Å². The lowest BCUT2D eigenvalue weighted by Gasteiger charge is -2.44. The Morgan fingerprint density at radius 2 is 1.25 bits per heavy atom. The first-order chi connectivity index (χ1) is 17.0. The number of carbonyl (C=O) groups is 2. The quantitative estimate of drug-likeness (QED) is 0.136. The Kier molecular flexibility index (Phi) is 12.5. The Morgan fingerprint density at radius 3 is 1.69 bits per heavy atom. The molecule has 208 valence electrons. The van der Waals surface area contributed by atoms with E-state index in [2.05, 4.69) is 0 Å². The number of allylic oxidation sites excluding steroid dienone is 1. The molecule has 0 aromatic rings. The van der Waals surface area contributed by atoms with Gasteiger partial charge in [0.05, 0.1) is 6.42 Å². The van der Waals surface area contributed by atoms with Gasteiger partial charge in [-0.2, -0.15) is 0 Å². The fraction of sp³-hybridized carbons (Fsp3) is 0.826. The van der Waals surface area contributed by atoms with E-state index in [1.807, 2.05) is 20.8 Å². The Labute approximate surface area is 214 Å². The highest BCUT2D eigenvalue weighted by Gasteiger charge is 2.50. The molecule has 2 saturated heterocycles. The molecule has 0 aromatic carbocycles. The number of thioether (sulfide) groups is 1. The smallest absolute Gasteiger partial charge is 0.309 e. The van der Waals surface area contributed by atoms with Gasteiger partial charge in [-0.25, -0.2) is 0 Å². The molecular weight excluding hydrogens is 500 g/mol. The van der Waals surface area contributed by atoms with Crippen molar-refractivity contribution in [3.8, 4) is 0 Å². The maximum atomic E-state index is 11.9. The summed E-state index contributed by atoms with van der Waals surface area (Å²) in [6, 6.07) is 0. The zero-order chi connectivity index (χ0) is 27.0. The van der Waals surface area contributed by atoms with Crippen molar-refractivity contribution in [1.29, 1.82) is 0 Å². The molecule has 6 unspecified atom stereocenters. The minimum atomic E-state index is -1.66. The van der Waals surface area contributed by atoms with Crippen LogP contribution in [0.15, 0.2) is 12.2 Å². The fourth-order valence-corrected chi connectivity index (χ4v) is 4.94. The van der Waals surface area contributed by atoms with E-state index in [1.165, 1.54) is 0 Å². The first-order valence-electron chi connectivity index (χ1n) is 12.0. The van der Waals surface area contributed by atoms with Crippen LogP contribution >= 0.6 is 11.8 Å². The largest absolute Gasteiger partial charge is 0.463 e. The molecule has 6 N–H and O–H groups in total. The van der Waals surface area contributed by atoms with Crippen molar-refractivity contribution in [3.63, 3.8) is 0 Å². The molecule has 10 atom stereocenters. The Bertz CT molecular complexity index is 734. The molecule has 0 saturated carbocycles. The van der Waals surface area contributed by atoms with Gasteiger partial charge in [-0.05, 0) is 12.3 Å². The molecule has 2 aliphatic rings. The van der Waals surface area contributed by atoms with Crippen LogP contribution in [0.25, 0.3) is 0 Å². The SMILES string of the molecule is CC/C=C\CC(=O)OCC1O[C@H](S[C@H]2OC(COC(=O)CC(C)C)[C@@H](O)C(O)C2O)C(O)C(O)[C@@H]1O. The highest BCUT2D eigenvalue weighted by molar-refractivity contribution is 8.00. The highest BCUT2D eigenvalue weighted by atomic mass is 32.2. The van der Waals surface area contributed by atoms with Gasteiger partial charge in [-0.3, -0.25) is 9.59 Å². The number of carbonyl (C=O) groups excluding carboxylic acids is 2. The summed E-state index contributed by atoms with van der Waals surface area (Å²) in [7, 11) is 0. The van der Waals surface area contributed by atoms with Gasteiger partial charge in [0.15, 0.2) is 0 Å². The monoisotopic (exact) mass is 538 g/mol. The van der Waals surface area contributed by atoms with E-state index >= 15 is 0 Å². The van der Waals surface area contributed by atoms with E-state index in [0.717, 1.165) is 6.42 Å². The normalized spacial score (nSPS) is 37.3. The Morgan fingerprint density at radius 1 is 0.778 bits per heavy atom. The molecule has 0 amide bonds. The van der Waals surface area contributed by atoms with Crippen LogP contribution in [0.4, 0.5) is 0 Å². The van der Waals surface area contributed by atoms with Gasteiger partial charge in [0, 0.05) is 6.42 Å². The van der Waals surface area contributed by atoms with Crippen molar-refractivity contribution in [3.05, 3.63) is 12.2 Å². The molecule has 2 rings (SSSR count). The van der Waals surface area contributed by atoms with Crippen molar-refractivity contribution in [1.82, 2.24) is 0 Å². The number of hydrogen-bond donors (Lipinski definition) is 6. The topological polar surface area (TPSA) is 192 Å². The number of ether oxygens (including phenoxy) is 4. The Balaban J connectivity index is 2.01. The third-order valence-electron chi connectivity index (χ3n) is 5.68. The lowest BCUT2D eigenvalue weighted by Crippen LogP contribution is -2.61. The summed E-state index contributed by atoms with van der Waals surface area (Å²) in [6.45, 7) is 4.79. The third-order valence-corrected chi connectivity index (χ3v) is 7.00. The second kappa shape index (κ2) is 14.6. The van der Waals surface area contributed by atoms with E-state index in [0.29, 0.717) is 11.8 Å². The molecule has 0 bridgehead atoms. The van der Waals surface area contributed by atoms with Crippen molar-refractivity contribution in [2.24, 2.45) is 5.92 Å². The minimum Gasteiger partial charge on any atom is -0.463 e. The predicted octanol–water partition coefficient (Wildman–Crippen LogP) is -1.18. The standard InChI is InChI=1S/C23H38O12S/c1-4-5-6-7-14(24)32-9-12-16(26)18(28)20(30)22(34-12)36-23-21(31)19(29)17(27)13(35-23)10-33-15(25)8-11(2)3/h5-6,11-13,16-23,26-31H,4,7-10H2,1-3H3/b6-5-/t12?,13?,16-,17-,18?,19?,20?,21?,22-,23-/m1/s1. The summed E-state index contributed by atoms with van der Waals surface area (Å²) >= 11 is 0.694. The van der Waals surface area contributed by atoms with Crippen LogP contribution in [0.3, 0.4) is 0 Å². The number of hydrogen-bond acceptors (Lipinski definition) is 13. The summed E-state index contributed by atoms with van der Waals surface area (Å²) in [5.74, 6) is -1.04. The van der Waals surface area contributed by atoms with Crippen LogP contribution in [0.5, 0.6) is 0 Å². The molecule has 12 nitrogen and oxygen atoms in total. The van der Waals surface area contributed by atoms with Gasteiger partial charge in [-0.15, -0.1) is 0 Å². The van der Waals surface area contributed by atoms with E-state index in [9.17, 15) is 40.2 Å². The number of aliphatic hydroxyl groups is 6. The molecule has 0 aromatic heterocycles. The van der Waals surface area contributed by atoms with E-state index in [-0.39, 0.29) is 25.4 Å². The van der Waals surface area contributed by atoms with Gasteiger partial charge < -0.3 is 49.6 Å². The van der Waals surface area contributed by atoms with Gasteiger partial charge in [0.2, 0.25) is 0 Å². The van der Waals surface area contributed by atoms with E-state index in [4.69, 9.17) is 18.9 Å². The molecular formula is C23H38O12S. The summed E-state index contributed by atoms with van der Waals surface area (Å²) < 4.78 is 21.5. The van der Waals surface area contributed by atoms with Crippen LogP contribution in [-0.2, 0) is 28.5 Å². The van der Waals surface area contributed by atoms with Crippen molar-refractivity contribution >= 4 is 23.7 Å². The lowest BCUT2D eigenvalue weighted by molar-refractivity contribution is -0.218. The second-order valence-electron chi connectivity index (χ2n) is 9.21. The summed E-state index contributed by atoms with van der Waals surface area (Å²) in [4.78, 5) is 23.7. The van der Waals surface area contributed by atoms with Gasteiger partial charge in [0.1, 0.15) is 72.9 Å². The zero-order valence-electron chi connectivity index (χ0n) is 20.6. The maximum absolute atomic E-state index is 11.9.